The van der Waals surface area contributed by atoms with E-state index in [0.29, 0.717) is 6.42 Å². The van der Waals surface area contributed by atoms with E-state index in [9.17, 15) is 18.0 Å². The van der Waals surface area contributed by atoms with Crippen LogP contribution < -0.4 is 0 Å². The second-order valence-electron chi connectivity index (χ2n) is 4.53. The van der Waals surface area contributed by atoms with Crippen LogP contribution in [0.5, 0.6) is 0 Å². The fraction of sp³-hybridized carbons (Fsp3) is 0.900. The molecule has 6 heteroatoms. The van der Waals surface area contributed by atoms with E-state index >= 15 is 0 Å². The van der Waals surface area contributed by atoms with Crippen LogP contribution in [0.4, 0.5) is 13.2 Å². The third kappa shape index (κ3) is 3.10. The van der Waals surface area contributed by atoms with Crippen LogP contribution in [0.2, 0.25) is 0 Å². The molecule has 0 amide bonds. The van der Waals surface area contributed by atoms with E-state index < -0.39 is 30.3 Å². The van der Waals surface area contributed by atoms with Gasteiger partial charge in [-0.3, -0.25) is 4.79 Å². The van der Waals surface area contributed by atoms with Gasteiger partial charge in [-0.15, -0.1) is 0 Å². The Hall–Kier alpha value is -0.780. The van der Waals surface area contributed by atoms with Gasteiger partial charge >= 0.3 is 12.1 Å². The van der Waals surface area contributed by atoms with Crippen LogP contribution in [0, 0.1) is 11.8 Å². The third-order valence-electron chi connectivity index (χ3n) is 2.60. The molecule has 3 nitrogen and oxygen atoms in total. The minimum absolute atomic E-state index is 0.0578. The van der Waals surface area contributed by atoms with Crippen LogP contribution in [0.3, 0.4) is 0 Å². The second kappa shape index (κ2) is 4.61. The highest BCUT2D eigenvalue weighted by atomic mass is 19.4. The van der Waals surface area contributed by atoms with Gasteiger partial charge in [0, 0.05) is 0 Å². The summed E-state index contributed by atoms with van der Waals surface area (Å²) in [6, 6.07) is 0. The van der Waals surface area contributed by atoms with E-state index in [4.69, 9.17) is 9.84 Å². The zero-order chi connectivity index (χ0) is 12.5. The molecule has 1 N–H and O–H groups in total. The SMILES string of the molecule is CC(C)CC1CC(C(=O)O)C(C(F)(F)F)O1. The van der Waals surface area contributed by atoms with Gasteiger partial charge in [-0.05, 0) is 18.8 Å². The van der Waals surface area contributed by atoms with E-state index in [1.54, 1.807) is 0 Å². The van der Waals surface area contributed by atoms with E-state index in [-0.39, 0.29) is 12.3 Å². The number of carboxylic acid groups (broad SMARTS) is 1. The van der Waals surface area contributed by atoms with Crippen molar-refractivity contribution in [3.8, 4) is 0 Å². The Morgan fingerprint density at radius 3 is 2.38 bits per heavy atom. The summed E-state index contributed by atoms with van der Waals surface area (Å²) in [7, 11) is 0. The normalized spacial score (nSPS) is 31.0. The summed E-state index contributed by atoms with van der Waals surface area (Å²) >= 11 is 0. The first kappa shape index (κ1) is 13.3. The van der Waals surface area contributed by atoms with Gasteiger partial charge in [-0.2, -0.15) is 13.2 Å². The summed E-state index contributed by atoms with van der Waals surface area (Å²) in [6.07, 6.45) is -6.97. The van der Waals surface area contributed by atoms with Crippen LogP contribution >= 0.6 is 0 Å². The lowest BCUT2D eigenvalue weighted by Crippen LogP contribution is -2.37. The average molecular weight is 240 g/mol. The highest BCUT2D eigenvalue weighted by Gasteiger charge is 2.54. The molecule has 0 spiro atoms. The highest BCUT2D eigenvalue weighted by molar-refractivity contribution is 5.71. The number of carboxylic acids is 1. The smallest absolute Gasteiger partial charge is 0.415 e. The molecule has 1 fully saturated rings. The van der Waals surface area contributed by atoms with Crippen molar-refractivity contribution in [3.05, 3.63) is 0 Å². The number of rotatable bonds is 3. The molecule has 3 unspecified atom stereocenters. The first-order valence-corrected chi connectivity index (χ1v) is 5.16. The van der Waals surface area contributed by atoms with Gasteiger partial charge in [0.1, 0.15) is 0 Å². The number of hydrogen-bond acceptors (Lipinski definition) is 2. The molecule has 0 radical (unpaired) electrons. The molecular formula is C10H15F3O3. The first-order chi connectivity index (χ1) is 7.21. The fourth-order valence-electron chi connectivity index (χ4n) is 1.98. The van der Waals surface area contributed by atoms with Crippen molar-refractivity contribution < 1.29 is 27.8 Å². The molecule has 0 aromatic heterocycles. The average Bonchev–Trinajstić information content (AvgIpc) is 2.45. The Morgan fingerprint density at radius 1 is 1.50 bits per heavy atom. The van der Waals surface area contributed by atoms with Gasteiger partial charge in [0.2, 0.25) is 0 Å². The standard InChI is InChI=1S/C10H15F3O3/c1-5(2)3-6-4-7(9(14)15)8(16-6)10(11,12)13/h5-8H,3-4H2,1-2H3,(H,14,15). The second-order valence-corrected chi connectivity index (χ2v) is 4.53. The Labute approximate surface area is 91.6 Å². The summed E-state index contributed by atoms with van der Waals surface area (Å²) in [5, 5.41) is 8.72. The molecule has 0 aromatic rings. The number of ether oxygens (including phenoxy) is 1. The molecular weight excluding hydrogens is 225 g/mol. The van der Waals surface area contributed by atoms with Crippen LogP contribution in [-0.4, -0.2) is 29.5 Å². The van der Waals surface area contributed by atoms with Crippen molar-refractivity contribution in [1.29, 1.82) is 0 Å². The number of alkyl halides is 3. The maximum absolute atomic E-state index is 12.5. The van der Waals surface area contributed by atoms with E-state index in [1.807, 2.05) is 13.8 Å². The zero-order valence-electron chi connectivity index (χ0n) is 9.12. The van der Waals surface area contributed by atoms with Crippen LogP contribution in [-0.2, 0) is 9.53 Å². The molecule has 1 heterocycles. The lowest BCUT2D eigenvalue weighted by Gasteiger charge is -2.19. The van der Waals surface area contributed by atoms with Crippen molar-refractivity contribution in [2.24, 2.45) is 11.8 Å². The molecule has 0 saturated carbocycles. The van der Waals surface area contributed by atoms with Gasteiger partial charge in [-0.1, -0.05) is 13.8 Å². The Morgan fingerprint density at radius 2 is 2.06 bits per heavy atom. The van der Waals surface area contributed by atoms with Crippen molar-refractivity contribution in [2.75, 3.05) is 0 Å². The molecule has 1 aliphatic heterocycles. The molecule has 1 saturated heterocycles. The zero-order valence-corrected chi connectivity index (χ0v) is 9.12. The van der Waals surface area contributed by atoms with Crippen molar-refractivity contribution in [1.82, 2.24) is 0 Å². The molecule has 3 atom stereocenters. The predicted molar refractivity (Wildman–Crippen MR) is 49.9 cm³/mol. The number of carbonyl (C=O) groups is 1. The van der Waals surface area contributed by atoms with Crippen molar-refractivity contribution >= 4 is 5.97 Å². The lowest BCUT2D eigenvalue weighted by molar-refractivity contribution is -0.226. The summed E-state index contributed by atoms with van der Waals surface area (Å²) < 4.78 is 42.3. The number of aliphatic carboxylic acids is 1. The fourth-order valence-corrected chi connectivity index (χ4v) is 1.98. The molecule has 0 aromatic carbocycles. The highest BCUT2D eigenvalue weighted by Crippen LogP contribution is 2.39. The van der Waals surface area contributed by atoms with Gasteiger partial charge < -0.3 is 9.84 Å². The Balaban J connectivity index is 2.72. The van der Waals surface area contributed by atoms with E-state index in [2.05, 4.69) is 0 Å². The van der Waals surface area contributed by atoms with Gasteiger partial charge in [0.25, 0.3) is 0 Å². The molecule has 0 aliphatic carbocycles. The van der Waals surface area contributed by atoms with Gasteiger partial charge in [0.05, 0.1) is 12.0 Å². The summed E-state index contributed by atoms with van der Waals surface area (Å²) in [5.41, 5.74) is 0. The molecule has 0 bridgehead atoms. The molecule has 94 valence electrons. The maximum Gasteiger partial charge on any atom is 0.415 e. The van der Waals surface area contributed by atoms with Crippen molar-refractivity contribution in [2.45, 2.75) is 45.1 Å². The van der Waals surface area contributed by atoms with E-state index in [1.165, 1.54) is 0 Å². The van der Waals surface area contributed by atoms with Crippen LogP contribution in [0.15, 0.2) is 0 Å². The number of hydrogen-bond donors (Lipinski definition) is 1. The third-order valence-corrected chi connectivity index (χ3v) is 2.60. The minimum Gasteiger partial charge on any atom is -0.481 e. The van der Waals surface area contributed by atoms with Gasteiger partial charge in [-0.25, -0.2) is 0 Å². The minimum atomic E-state index is -4.60. The quantitative estimate of drug-likeness (QED) is 0.824. The molecule has 16 heavy (non-hydrogen) atoms. The monoisotopic (exact) mass is 240 g/mol. The topological polar surface area (TPSA) is 46.5 Å². The molecule has 1 rings (SSSR count). The largest absolute Gasteiger partial charge is 0.481 e. The van der Waals surface area contributed by atoms with Crippen molar-refractivity contribution in [3.63, 3.8) is 0 Å². The summed E-state index contributed by atoms with van der Waals surface area (Å²) in [6.45, 7) is 3.72. The molecule has 1 aliphatic rings. The maximum atomic E-state index is 12.5. The van der Waals surface area contributed by atoms with Crippen LogP contribution in [0.25, 0.3) is 0 Å². The van der Waals surface area contributed by atoms with Crippen LogP contribution in [0.1, 0.15) is 26.7 Å². The predicted octanol–water partition coefficient (Wildman–Crippen LogP) is 2.45. The Bertz CT molecular complexity index is 263. The first-order valence-electron chi connectivity index (χ1n) is 5.16. The van der Waals surface area contributed by atoms with E-state index in [0.717, 1.165) is 0 Å². The lowest BCUT2D eigenvalue weighted by atomic mass is 9.95. The Kier molecular flexibility index (Phi) is 3.83. The summed E-state index contributed by atoms with van der Waals surface area (Å²) in [5.74, 6) is -2.72. The number of halogens is 3. The summed E-state index contributed by atoms with van der Waals surface area (Å²) in [4.78, 5) is 10.7. The van der Waals surface area contributed by atoms with Gasteiger partial charge in [0.15, 0.2) is 6.10 Å².